The van der Waals surface area contributed by atoms with Crippen LogP contribution in [0.3, 0.4) is 0 Å². The van der Waals surface area contributed by atoms with Crippen LogP contribution in [0, 0.1) is 11.3 Å². The van der Waals surface area contributed by atoms with Crippen molar-refractivity contribution >= 4 is 18.2 Å². The second-order valence-corrected chi connectivity index (χ2v) is 3.66. The minimum absolute atomic E-state index is 0.0683. The molecule has 0 atom stereocenters. The molecule has 88 valence electrons. The van der Waals surface area contributed by atoms with E-state index in [1.807, 2.05) is 36.4 Å². The van der Waals surface area contributed by atoms with Crippen LogP contribution in [-0.4, -0.2) is 15.6 Å². The highest BCUT2D eigenvalue weighted by molar-refractivity contribution is 5.88. The summed E-state index contributed by atoms with van der Waals surface area (Å²) in [7, 11) is 0. The van der Waals surface area contributed by atoms with Gasteiger partial charge in [0.1, 0.15) is 11.8 Å². The van der Waals surface area contributed by atoms with Crippen LogP contribution < -0.4 is 0 Å². The van der Waals surface area contributed by atoms with Crippen LogP contribution in [0.15, 0.2) is 42.6 Å². The van der Waals surface area contributed by atoms with Gasteiger partial charge in [0.25, 0.3) is 0 Å². The Balaban J connectivity index is 2.34. The summed E-state index contributed by atoms with van der Waals surface area (Å²) in [5.41, 5.74) is 1.35. The maximum absolute atomic E-state index is 11.0. The van der Waals surface area contributed by atoms with E-state index in [0.29, 0.717) is 5.56 Å². The Morgan fingerprint density at radius 2 is 2.06 bits per heavy atom. The molecule has 0 unspecified atom stereocenters. The number of carboxylic acid groups (broad SMARTS) is 1. The first-order chi connectivity index (χ1) is 8.70. The zero-order valence-electron chi connectivity index (χ0n) is 9.45. The van der Waals surface area contributed by atoms with Gasteiger partial charge in [0.05, 0.1) is 5.56 Å². The van der Waals surface area contributed by atoms with E-state index in [1.165, 1.54) is 16.8 Å². The topological polar surface area (TPSA) is 66.0 Å². The van der Waals surface area contributed by atoms with Gasteiger partial charge in [0.15, 0.2) is 0 Å². The first kappa shape index (κ1) is 11.7. The number of carboxylic acids is 1. The third-order valence-electron chi connectivity index (χ3n) is 2.42. The number of aromatic nitrogens is 1. The van der Waals surface area contributed by atoms with E-state index in [1.54, 1.807) is 12.3 Å². The molecule has 0 radical (unpaired) electrons. The normalized spacial score (nSPS) is 10.4. The Morgan fingerprint density at radius 3 is 2.67 bits per heavy atom. The summed E-state index contributed by atoms with van der Waals surface area (Å²) in [6.07, 6.45) is 4.90. The van der Waals surface area contributed by atoms with Gasteiger partial charge in [-0.1, -0.05) is 30.3 Å². The van der Waals surface area contributed by atoms with Crippen LogP contribution in [0.5, 0.6) is 0 Å². The Hall–Kier alpha value is -2.80. The van der Waals surface area contributed by atoms with Crippen molar-refractivity contribution in [3.05, 3.63) is 59.4 Å². The highest BCUT2D eigenvalue weighted by Crippen LogP contribution is 2.10. The third-order valence-corrected chi connectivity index (χ3v) is 2.42. The number of rotatable bonds is 3. The van der Waals surface area contributed by atoms with Crippen LogP contribution in [0.1, 0.15) is 21.6 Å². The molecule has 0 saturated carbocycles. The number of nitriles is 1. The van der Waals surface area contributed by atoms with E-state index in [4.69, 9.17) is 10.4 Å². The Morgan fingerprint density at radius 1 is 1.33 bits per heavy atom. The summed E-state index contributed by atoms with van der Waals surface area (Å²) in [6, 6.07) is 12.8. The summed E-state index contributed by atoms with van der Waals surface area (Å²) in [6.45, 7) is 0. The van der Waals surface area contributed by atoms with Gasteiger partial charge in [-0.3, -0.25) is 0 Å². The van der Waals surface area contributed by atoms with Crippen LogP contribution in [-0.2, 0) is 0 Å². The zero-order chi connectivity index (χ0) is 13.0. The van der Waals surface area contributed by atoms with E-state index < -0.39 is 5.97 Å². The Kier molecular flexibility index (Phi) is 3.26. The summed E-state index contributed by atoms with van der Waals surface area (Å²) in [5.74, 6) is -1.06. The molecule has 0 spiro atoms. The Labute approximate surface area is 104 Å². The lowest BCUT2D eigenvalue weighted by Crippen LogP contribution is -2.01. The predicted molar refractivity (Wildman–Crippen MR) is 67.8 cm³/mol. The molecule has 2 aromatic rings. The molecular formula is C14H10N2O2. The molecule has 0 aliphatic carbocycles. The van der Waals surface area contributed by atoms with Crippen LogP contribution in [0.4, 0.5) is 0 Å². The van der Waals surface area contributed by atoms with Crippen LogP contribution in [0.25, 0.3) is 12.3 Å². The first-order valence-corrected chi connectivity index (χ1v) is 5.29. The molecule has 4 nitrogen and oxygen atoms in total. The van der Waals surface area contributed by atoms with Gasteiger partial charge in [0.2, 0.25) is 0 Å². The third kappa shape index (κ3) is 2.47. The molecule has 0 bridgehead atoms. The van der Waals surface area contributed by atoms with Gasteiger partial charge >= 0.3 is 5.97 Å². The maximum atomic E-state index is 11.0. The smallest absolute Gasteiger partial charge is 0.352 e. The SMILES string of the molecule is N#Cc1cc(C(=O)O)n(/C=C/c2ccccc2)c1. The molecule has 4 heteroatoms. The fraction of sp³-hybridized carbons (Fsp3) is 0. The van der Waals surface area contributed by atoms with Crippen molar-refractivity contribution in [2.75, 3.05) is 0 Å². The number of benzene rings is 1. The van der Waals surface area contributed by atoms with Gasteiger partial charge in [-0.15, -0.1) is 0 Å². The lowest BCUT2D eigenvalue weighted by atomic mass is 10.2. The summed E-state index contributed by atoms with van der Waals surface area (Å²) < 4.78 is 1.42. The lowest BCUT2D eigenvalue weighted by Gasteiger charge is -1.98. The molecule has 0 aliphatic rings. The Bertz CT molecular complexity index is 634. The fourth-order valence-electron chi connectivity index (χ4n) is 1.57. The van der Waals surface area contributed by atoms with Crippen molar-refractivity contribution in [1.82, 2.24) is 4.57 Å². The molecular weight excluding hydrogens is 228 g/mol. The van der Waals surface area contributed by atoms with Gasteiger partial charge in [-0.25, -0.2) is 4.79 Å². The standard InChI is InChI=1S/C14H10N2O2/c15-9-12-8-13(14(17)18)16(10-12)7-6-11-4-2-1-3-5-11/h1-8,10H,(H,17,18)/b7-6+. The monoisotopic (exact) mass is 238 g/mol. The number of carbonyl (C=O) groups is 1. The number of hydrogen-bond acceptors (Lipinski definition) is 2. The summed E-state index contributed by atoms with van der Waals surface area (Å²) in [5, 5.41) is 17.8. The molecule has 2 rings (SSSR count). The molecule has 0 aliphatic heterocycles. The maximum Gasteiger partial charge on any atom is 0.352 e. The average Bonchev–Trinajstić information content (AvgIpc) is 2.81. The second-order valence-electron chi connectivity index (χ2n) is 3.66. The minimum atomic E-state index is -1.06. The predicted octanol–water partition coefficient (Wildman–Crippen LogP) is 2.69. The van der Waals surface area contributed by atoms with E-state index in [9.17, 15) is 4.79 Å². The minimum Gasteiger partial charge on any atom is -0.477 e. The van der Waals surface area contributed by atoms with Crippen molar-refractivity contribution in [2.24, 2.45) is 0 Å². The fourth-order valence-corrected chi connectivity index (χ4v) is 1.57. The highest BCUT2D eigenvalue weighted by Gasteiger charge is 2.10. The van der Waals surface area contributed by atoms with Gasteiger partial charge < -0.3 is 9.67 Å². The molecule has 1 aromatic heterocycles. The lowest BCUT2D eigenvalue weighted by molar-refractivity contribution is 0.0689. The van der Waals surface area contributed by atoms with E-state index >= 15 is 0 Å². The first-order valence-electron chi connectivity index (χ1n) is 5.29. The number of nitrogens with zero attached hydrogens (tertiary/aromatic N) is 2. The summed E-state index contributed by atoms with van der Waals surface area (Å²) in [4.78, 5) is 11.0. The van der Waals surface area contributed by atoms with Crippen LogP contribution in [0.2, 0.25) is 0 Å². The number of aromatic carboxylic acids is 1. The van der Waals surface area contributed by atoms with Crippen molar-refractivity contribution in [2.45, 2.75) is 0 Å². The van der Waals surface area contributed by atoms with Crippen molar-refractivity contribution < 1.29 is 9.90 Å². The van der Waals surface area contributed by atoms with Crippen molar-refractivity contribution in [3.8, 4) is 6.07 Å². The van der Waals surface area contributed by atoms with Crippen LogP contribution >= 0.6 is 0 Å². The van der Waals surface area contributed by atoms with Crippen molar-refractivity contribution in [1.29, 1.82) is 5.26 Å². The average molecular weight is 238 g/mol. The van der Waals surface area contributed by atoms with E-state index in [0.717, 1.165) is 5.56 Å². The molecule has 18 heavy (non-hydrogen) atoms. The molecule has 1 heterocycles. The van der Waals surface area contributed by atoms with Gasteiger partial charge in [-0.05, 0) is 17.7 Å². The largest absolute Gasteiger partial charge is 0.477 e. The molecule has 0 saturated heterocycles. The molecule has 1 N–H and O–H groups in total. The summed E-state index contributed by atoms with van der Waals surface area (Å²) >= 11 is 0. The molecule has 0 fully saturated rings. The second kappa shape index (κ2) is 5.02. The van der Waals surface area contributed by atoms with Crippen molar-refractivity contribution in [3.63, 3.8) is 0 Å². The quantitative estimate of drug-likeness (QED) is 0.893. The molecule has 1 aromatic carbocycles. The van der Waals surface area contributed by atoms with Gasteiger partial charge in [0, 0.05) is 12.4 Å². The van der Waals surface area contributed by atoms with Gasteiger partial charge in [-0.2, -0.15) is 5.26 Å². The van der Waals surface area contributed by atoms with E-state index in [-0.39, 0.29) is 5.69 Å². The molecule has 0 amide bonds. The van der Waals surface area contributed by atoms with E-state index in [2.05, 4.69) is 0 Å². The zero-order valence-corrected chi connectivity index (χ0v) is 9.45. The number of hydrogen-bond donors (Lipinski definition) is 1. The highest BCUT2D eigenvalue weighted by atomic mass is 16.4.